The van der Waals surface area contributed by atoms with Crippen molar-refractivity contribution in [3.8, 4) is 17.2 Å². The lowest BCUT2D eigenvalue weighted by Crippen LogP contribution is -2.52. The van der Waals surface area contributed by atoms with Gasteiger partial charge in [0.25, 0.3) is 6.71 Å². The molecule has 7 heteroatoms. The summed E-state index contributed by atoms with van der Waals surface area (Å²) >= 11 is 0. The van der Waals surface area contributed by atoms with Gasteiger partial charge in [0.05, 0.1) is 17.8 Å². The number of amides is 1. The number of aliphatic hydroxyl groups excluding tert-OH is 1. The van der Waals surface area contributed by atoms with Crippen LogP contribution in [0, 0.1) is 11.2 Å². The first-order valence-corrected chi connectivity index (χ1v) is 10.6. The van der Waals surface area contributed by atoms with E-state index >= 15 is 0 Å². The van der Waals surface area contributed by atoms with E-state index in [2.05, 4.69) is 35.4 Å². The van der Waals surface area contributed by atoms with E-state index < -0.39 is 5.54 Å². The summed E-state index contributed by atoms with van der Waals surface area (Å²) < 4.78 is 1.97. The Kier molecular flexibility index (Phi) is 5.47. The average Bonchev–Trinajstić information content (AvgIpc) is 3.42. The molecule has 2 heterocycles. The zero-order chi connectivity index (χ0) is 20.4. The maximum Gasteiger partial charge on any atom is 0.280 e. The zero-order valence-electron chi connectivity index (χ0n) is 16.9. The minimum Gasteiger partial charge on any atom is -0.394 e. The maximum atomic E-state index is 13.0. The molecule has 1 aliphatic carbocycles. The number of benzene rings is 1. The number of fused-ring (bicyclic) bond motifs is 1. The van der Waals surface area contributed by atoms with Gasteiger partial charge in [-0.05, 0) is 55.9 Å². The Balaban J connectivity index is 1.65. The monoisotopic (exact) mass is 390 g/mol. The summed E-state index contributed by atoms with van der Waals surface area (Å²) in [5.74, 6) is 1.92. The third-order valence-corrected chi connectivity index (χ3v) is 6.63. The molecule has 1 fully saturated rings. The topological polar surface area (TPSA) is 90.9 Å². The molecule has 2 aromatic rings. The number of hydrogen-bond donors (Lipinski definition) is 2. The van der Waals surface area contributed by atoms with Crippen LogP contribution in [0.25, 0.3) is 11.3 Å². The molecule has 0 radical (unpaired) electrons. The third-order valence-electron chi connectivity index (χ3n) is 6.63. The third kappa shape index (κ3) is 3.46. The number of rotatable bonds is 5. The number of aryl methyl sites for hydroxylation is 2. The van der Waals surface area contributed by atoms with Crippen LogP contribution in [0.4, 0.5) is 0 Å². The molecule has 29 heavy (non-hydrogen) atoms. The predicted octanol–water partition coefficient (Wildman–Crippen LogP) is 2.93. The number of aliphatic hydroxyl groups is 1. The number of nitriles is 1. The van der Waals surface area contributed by atoms with Crippen LogP contribution in [-0.4, -0.2) is 34.1 Å². The van der Waals surface area contributed by atoms with Crippen molar-refractivity contribution in [2.24, 2.45) is 0 Å². The highest BCUT2D eigenvalue weighted by atomic mass is 16.3. The van der Waals surface area contributed by atoms with Crippen molar-refractivity contribution in [1.82, 2.24) is 15.1 Å². The summed E-state index contributed by atoms with van der Waals surface area (Å²) in [6.45, 7) is 2.52. The van der Waals surface area contributed by atoms with Crippen molar-refractivity contribution < 1.29 is 9.90 Å². The second kappa shape index (κ2) is 8.04. The highest BCUT2D eigenvalue weighted by Gasteiger charge is 2.43. The van der Waals surface area contributed by atoms with Crippen LogP contribution in [0.15, 0.2) is 30.5 Å². The first kappa shape index (κ1) is 19.7. The normalized spacial score (nSPS) is 23.5. The molecule has 6 nitrogen and oxygen atoms in total. The first-order chi connectivity index (χ1) is 14.1. The van der Waals surface area contributed by atoms with Gasteiger partial charge in [0.1, 0.15) is 0 Å². The van der Waals surface area contributed by atoms with E-state index in [1.807, 2.05) is 23.0 Å². The quantitative estimate of drug-likeness (QED) is 0.768. The molecule has 2 unspecified atom stereocenters. The van der Waals surface area contributed by atoms with Gasteiger partial charge in [-0.3, -0.25) is 9.48 Å². The van der Waals surface area contributed by atoms with Gasteiger partial charge in [-0.15, -0.1) is 0 Å². The number of carbonyl (C=O) groups excluding carboxylic acids is 1. The number of aromatic nitrogens is 2. The Morgan fingerprint density at radius 3 is 3.07 bits per heavy atom. The van der Waals surface area contributed by atoms with Crippen LogP contribution in [0.1, 0.15) is 43.7 Å². The minimum atomic E-state index is -0.767. The van der Waals surface area contributed by atoms with E-state index in [1.165, 1.54) is 0 Å². The largest absolute Gasteiger partial charge is 0.394 e. The maximum absolute atomic E-state index is 13.0. The van der Waals surface area contributed by atoms with Crippen molar-refractivity contribution in [2.75, 3.05) is 6.61 Å². The molecule has 0 bridgehead atoms. The number of hydrogen-bond acceptors (Lipinski definition) is 4. The molecule has 1 aliphatic heterocycles. The zero-order valence-corrected chi connectivity index (χ0v) is 16.9. The lowest BCUT2D eigenvalue weighted by Gasteiger charge is -2.39. The van der Waals surface area contributed by atoms with E-state index in [0.717, 1.165) is 60.9 Å². The summed E-state index contributed by atoms with van der Waals surface area (Å²) in [6, 6.07) is 8.28. The first-order valence-electron chi connectivity index (χ1n) is 10.6. The van der Waals surface area contributed by atoms with Crippen LogP contribution in [0.3, 0.4) is 0 Å². The lowest BCUT2D eigenvalue weighted by molar-refractivity contribution is -0.124. The lowest BCUT2D eigenvalue weighted by atomic mass is 9.43. The molecule has 1 amide bonds. The highest BCUT2D eigenvalue weighted by molar-refractivity contribution is 6.72. The Hall–Kier alpha value is -2.59. The van der Waals surface area contributed by atoms with Crippen LogP contribution in [0.2, 0.25) is 12.1 Å². The van der Waals surface area contributed by atoms with Crippen molar-refractivity contribution in [3.05, 3.63) is 41.6 Å². The number of nitrogens with zero attached hydrogens (tertiary/aromatic N) is 3. The molecular weight excluding hydrogens is 363 g/mol. The van der Waals surface area contributed by atoms with Gasteiger partial charge >= 0.3 is 0 Å². The molecule has 2 aliphatic rings. The van der Waals surface area contributed by atoms with Gasteiger partial charge in [-0.2, -0.15) is 5.10 Å². The molecule has 0 spiro atoms. The Labute approximate surface area is 172 Å². The molecule has 1 aromatic carbocycles. The number of carbonyl (C=O) groups is 1. The SMILES string of the molecule is CCn1nccc1-c1ccc2c(c1)CCCC2(CO)NC(=O)C1CCCB1C#N. The molecule has 150 valence electrons. The molecule has 1 aromatic heterocycles. The van der Waals surface area contributed by atoms with E-state index in [1.54, 1.807) is 0 Å². The fourth-order valence-electron chi connectivity index (χ4n) is 5.06. The van der Waals surface area contributed by atoms with Gasteiger partial charge in [0.2, 0.25) is 5.91 Å². The highest BCUT2D eigenvalue weighted by Crippen LogP contribution is 2.39. The summed E-state index contributed by atoms with van der Waals surface area (Å²) in [5.41, 5.74) is 3.56. The van der Waals surface area contributed by atoms with E-state index in [0.29, 0.717) is 6.42 Å². The van der Waals surface area contributed by atoms with Crippen LogP contribution >= 0.6 is 0 Å². The fourth-order valence-corrected chi connectivity index (χ4v) is 5.06. The number of nitrogens with one attached hydrogen (secondary N) is 1. The summed E-state index contributed by atoms with van der Waals surface area (Å²) in [7, 11) is 0. The standard InChI is InChI=1S/C22H27BN4O2/c1-2-27-20(9-12-25-27)17-7-8-18-16(13-17)5-3-10-22(18,14-28)26-21(29)19-6-4-11-23(19)15-24/h7-9,12-13,19,28H,2-6,10-11,14H2,1H3,(H,26,29). The van der Waals surface area contributed by atoms with Gasteiger partial charge in [-0.1, -0.05) is 24.9 Å². The van der Waals surface area contributed by atoms with Crippen LogP contribution in [-0.2, 0) is 23.3 Å². The summed E-state index contributed by atoms with van der Waals surface area (Å²) in [4.78, 5) is 13.0. The summed E-state index contributed by atoms with van der Waals surface area (Å²) in [6.07, 6.45) is 6.78. The van der Waals surface area contributed by atoms with E-state index in [4.69, 9.17) is 0 Å². The molecule has 2 atom stereocenters. The van der Waals surface area contributed by atoms with Crippen molar-refractivity contribution in [3.63, 3.8) is 0 Å². The van der Waals surface area contributed by atoms with Gasteiger partial charge < -0.3 is 10.4 Å². The molecular formula is C22H27BN4O2. The van der Waals surface area contributed by atoms with Gasteiger partial charge in [0, 0.05) is 30.1 Å². The van der Waals surface area contributed by atoms with Crippen LogP contribution < -0.4 is 5.32 Å². The Morgan fingerprint density at radius 1 is 1.45 bits per heavy atom. The predicted molar refractivity (Wildman–Crippen MR) is 112 cm³/mol. The van der Waals surface area contributed by atoms with Crippen molar-refractivity contribution in [1.29, 1.82) is 5.26 Å². The second-order valence-corrected chi connectivity index (χ2v) is 8.26. The van der Waals surface area contributed by atoms with Crippen molar-refractivity contribution >= 4 is 12.6 Å². The fraction of sp³-hybridized carbons (Fsp3) is 0.500. The summed E-state index contributed by atoms with van der Waals surface area (Å²) in [5, 5.41) is 27.2. The minimum absolute atomic E-state index is 0.0934. The molecule has 2 N–H and O–H groups in total. The molecule has 1 saturated heterocycles. The van der Waals surface area contributed by atoms with E-state index in [9.17, 15) is 15.2 Å². The smallest absolute Gasteiger partial charge is 0.280 e. The molecule has 0 saturated carbocycles. The van der Waals surface area contributed by atoms with Gasteiger partial charge in [0.15, 0.2) is 0 Å². The van der Waals surface area contributed by atoms with Crippen molar-refractivity contribution in [2.45, 2.75) is 63.2 Å². The van der Waals surface area contributed by atoms with Gasteiger partial charge in [-0.25, -0.2) is 5.26 Å². The van der Waals surface area contributed by atoms with E-state index in [-0.39, 0.29) is 25.0 Å². The Morgan fingerprint density at radius 2 is 2.31 bits per heavy atom. The average molecular weight is 390 g/mol. The Bertz CT molecular complexity index is 951. The second-order valence-electron chi connectivity index (χ2n) is 8.26. The molecule has 4 rings (SSSR count). The van der Waals surface area contributed by atoms with Crippen LogP contribution in [0.5, 0.6) is 0 Å².